The Balaban J connectivity index is 1.28. The van der Waals surface area contributed by atoms with E-state index < -0.39 is 32.7 Å². The SMILES string of the molecule is COc1ccc(C(O[C@H]2C[C@H](n3cnc4c(NC(=O)c5ccccc5)ncnc43)O[C@@H]2COP(F)OCCC#N)(c2ccccc2)c2ccc(OC)cc2)cc1. The molecule has 6 aromatic rings. The van der Waals surface area contributed by atoms with E-state index >= 15 is 0 Å². The Kier molecular flexibility index (Phi) is 12.2. The van der Waals surface area contributed by atoms with Gasteiger partial charge in [0.05, 0.1) is 52.4 Å². The molecule has 0 aliphatic carbocycles. The third kappa shape index (κ3) is 8.23. The molecule has 1 saturated heterocycles. The van der Waals surface area contributed by atoms with E-state index in [-0.39, 0.29) is 37.8 Å². The number of rotatable bonds is 16. The topological polar surface area (TPSA) is 152 Å². The molecule has 13 nitrogen and oxygen atoms in total. The smallest absolute Gasteiger partial charge is 0.374 e. The van der Waals surface area contributed by atoms with Crippen molar-refractivity contribution < 1.29 is 37.0 Å². The number of hydrogen-bond acceptors (Lipinski definition) is 11. The van der Waals surface area contributed by atoms with Crippen molar-refractivity contribution in [1.82, 2.24) is 19.5 Å². The Labute approximate surface area is 324 Å². The van der Waals surface area contributed by atoms with Crippen LogP contribution in [0.2, 0.25) is 0 Å². The summed E-state index contributed by atoms with van der Waals surface area (Å²) in [6, 6.07) is 35.8. The molecule has 56 heavy (non-hydrogen) atoms. The van der Waals surface area contributed by atoms with E-state index in [0.717, 1.165) is 16.7 Å². The Morgan fingerprint density at radius 3 is 2.14 bits per heavy atom. The summed E-state index contributed by atoms with van der Waals surface area (Å²) < 4.78 is 52.5. The van der Waals surface area contributed by atoms with Crippen LogP contribution in [0.15, 0.2) is 122 Å². The van der Waals surface area contributed by atoms with Gasteiger partial charge in [-0.15, -0.1) is 0 Å². The van der Waals surface area contributed by atoms with E-state index in [1.807, 2.05) is 91.0 Å². The Morgan fingerprint density at radius 2 is 1.52 bits per heavy atom. The fourth-order valence-electron chi connectivity index (χ4n) is 6.66. The van der Waals surface area contributed by atoms with Crippen LogP contribution >= 0.6 is 8.69 Å². The van der Waals surface area contributed by atoms with Gasteiger partial charge in [-0.05, 0) is 53.1 Å². The lowest BCUT2D eigenvalue weighted by Crippen LogP contribution is -2.41. The van der Waals surface area contributed by atoms with E-state index in [0.29, 0.717) is 28.2 Å². The van der Waals surface area contributed by atoms with Crippen LogP contribution in [0.25, 0.3) is 11.2 Å². The van der Waals surface area contributed by atoms with Gasteiger partial charge in [0.1, 0.15) is 35.8 Å². The molecule has 7 rings (SSSR count). The molecule has 1 N–H and O–H groups in total. The van der Waals surface area contributed by atoms with Crippen LogP contribution in [-0.4, -0.2) is 65.1 Å². The van der Waals surface area contributed by atoms with Crippen molar-refractivity contribution in [3.63, 3.8) is 0 Å². The Morgan fingerprint density at radius 1 is 0.893 bits per heavy atom. The monoisotopic (exact) mass is 776 g/mol. The second kappa shape index (κ2) is 17.8. The summed E-state index contributed by atoms with van der Waals surface area (Å²) in [6.07, 6.45) is 0.930. The van der Waals surface area contributed by atoms with Crippen molar-refractivity contribution in [2.75, 3.05) is 32.8 Å². The summed E-state index contributed by atoms with van der Waals surface area (Å²) in [5, 5.41) is 11.7. The van der Waals surface area contributed by atoms with Gasteiger partial charge in [0, 0.05) is 12.0 Å². The molecular weight excluding hydrogens is 738 g/mol. The van der Waals surface area contributed by atoms with Gasteiger partial charge in [-0.3, -0.25) is 9.36 Å². The molecule has 1 amide bonds. The van der Waals surface area contributed by atoms with Gasteiger partial charge in [-0.25, -0.2) is 15.0 Å². The standard InChI is InChI=1S/C41H38FN6O7P/c1-50-32-18-14-30(15-19-32)41(29-12-7-4-8-13-29,31-16-20-33(51-2)21-17-31)55-34-24-36(54-35(34)25-53-56(42)52-23-9-22-43)48-27-46-37-38(44-26-45-39(37)48)47-40(49)28-10-5-3-6-11-28/h3-8,10-21,26-27,34-36H,9,23-25H2,1-2H3,(H,44,45,47,49)/t34-,35+,36+,56?/m0/s1. The van der Waals surface area contributed by atoms with Crippen LogP contribution in [0.4, 0.5) is 10.0 Å². The molecule has 0 saturated carbocycles. The summed E-state index contributed by atoms with van der Waals surface area (Å²) in [5.74, 6) is 1.22. The van der Waals surface area contributed by atoms with Gasteiger partial charge >= 0.3 is 8.69 Å². The highest BCUT2D eigenvalue weighted by Gasteiger charge is 2.47. The molecule has 0 spiro atoms. The van der Waals surface area contributed by atoms with Crippen LogP contribution in [0.3, 0.4) is 0 Å². The zero-order valence-corrected chi connectivity index (χ0v) is 31.4. The lowest BCUT2D eigenvalue weighted by atomic mass is 9.79. The van der Waals surface area contributed by atoms with E-state index in [1.54, 1.807) is 49.4 Å². The molecule has 1 unspecified atom stereocenters. The highest BCUT2D eigenvalue weighted by molar-refractivity contribution is 7.41. The summed E-state index contributed by atoms with van der Waals surface area (Å²) in [4.78, 5) is 26.4. The molecule has 15 heteroatoms. The number of fused-ring (bicyclic) bond motifs is 1. The zero-order chi connectivity index (χ0) is 38.9. The first-order valence-electron chi connectivity index (χ1n) is 17.7. The molecule has 4 atom stereocenters. The van der Waals surface area contributed by atoms with Crippen molar-refractivity contribution in [2.24, 2.45) is 0 Å². The number of hydrogen-bond donors (Lipinski definition) is 1. The lowest BCUT2D eigenvalue weighted by Gasteiger charge is -2.39. The number of benzene rings is 4. The number of carbonyl (C=O) groups is 1. The highest BCUT2D eigenvalue weighted by atomic mass is 31.2. The quantitative estimate of drug-likeness (QED) is 0.0580. The number of ether oxygens (including phenoxy) is 4. The number of nitrogens with zero attached hydrogens (tertiary/aromatic N) is 5. The number of imidazole rings is 1. The minimum absolute atomic E-state index is 0.0204. The van der Waals surface area contributed by atoms with E-state index in [2.05, 4.69) is 20.3 Å². The van der Waals surface area contributed by atoms with Crippen molar-refractivity contribution in [2.45, 2.75) is 36.9 Å². The van der Waals surface area contributed by atoms with Gasteiger partial charge < -0.3 is 33.3 Å². The lowest BCUT2D eigenvalue weighted by molar-refractivity contribution is -0.0965. The van der Waals surface area contributed by atoms with Crippen LogP contribution < -0.4 is 14.8 Å². The second-order valence-corrected chi connectivity index (χ2v) is 13.6. The average Bonchev–Trinajstić information content (AvgIpc) is 3.87. The maximum atomic E-state index is 15.0. The van der Waals surface area contributed by atoms with Crippen LogP contribution in [0.5, 0.6) is 11.5 Å². The first-order chi connectivity index (χ1) is 27.4. The first-order valence-corrected chi connectivity index (χ1v) is 18.8. The predicted molar refractivity (Wildman–Crippen MR) is 206 cm³/mol. The Hall–Kier alpha value is -5.81. The summed E-state index contributed by atoms with van der Waals surface area (Å²) in [6.45, 7) is -0.339. The summed E-state index contributed by atoms with van der Waals surface area (Å²) in [5.41, 5.74) is 2.41. The van der Waals surface area contributed by atoms with E-state index in [9.17, 15) is 8.99 Å². The zero-order valence-electron chi connectivity index (χ0n) is 30.5. The van der Waals surface area contributed by atoms with Crippen LogP contribution in [0, 0.1) is 11.3 Å². The van der Waals surface area contributed by atoms with Gasteiger partial charge in [0.15, 0.2) is 17.0 Å². The summed E-state index contributed by atoms with van der Waals surface area (Å²) >= 11 is 0. The average molecular weight is 777 g/mol. The molecule has 1 aliphatic heterocycles. The third-order valence-electron chi connectivity index (χ3n) is 9.37. The summed E-state index contributed by atoms with van der Waals surface area (Å²) in [7, 11) is 0.394. The van der Waals surface area contributed by atoms with Crippen molar-refractivity contribution >= 4 is 31.6 Å². The fraction of sp³-hybridized carbons (Fsp3) is 0.244. The predicted octanol–water partition coefficient (Wildman–Crippen LogP) is 7.90. The molecule has 2 aromatic heterocycles. The van der Waals surface area contributed by atoms with Gasteiger partial charge in [-0.1, -0.05) is 72.8 Å². The van der Waals surface area contributed by atoms with Crippen molar-refractivity contribution in [1.29, 1.82) is 5.26 Å². The number of aromatic nitrogens is 4. The van der Waals surface area contributed by atoms with Crippen molar-refractivity contribution in [3.05, 3.63) is 144 Å². The minimum Gasteiger partial charge on any atom is -0.497 e. The normalized spacial score (nSPS) is 17.3. The minimum atomic E-state index is -2.82. The first kappa shape index (κ1) is 38.5. The number of anilines is 1. The second-order valence-electron chi connectivity index (χ2n) is 12.6. The van der Waals surface area contributed by atoms with Gasteiger partial charge in [0.2, 0.25) is 0 Å². The molecule has 0 radical (unpaired) electrons. The van der Waals surface area contributed by atoms with Crippen LogP contribution in [-0.2, 0) is 24.1 Å². The van der Waals surface area contributed by atoms with Crippen molar-refractivity contribution in [3.8, 4) is 17.6 Å². The number of nitrogens with one attached hydrogen (secondary N) is 1. The highest BCUT2D eigenvalue weighted by Crippen LogP contribution is 2.47. The molecule has 1 aliphatic rings. The molecular formula is C41H38FN6O7P. The Bertz CT molecular complexity index is 2210. The number of carbonyl (C=O) groups excluding carboxylic acids is 1. The maximum Gasteiger partial charge on any atom is 0.374 e. The van der Waals surface area contributed by atoms with E-state index in [4.69, 9.17) is 33.3 Å². The third-order valence-corrected chi connectivity index (χ3v) is 10.1. The number of halogens is 1. The number of nitriles is 1. The molecule has 3 heterocycles. The number of amides is 1. The maximum absolute atomic E-state index is 15.0. The molecule has 286 valence electrons. The van der Waals surface area contributed by atoms with Gasteiger partial charge in [-0.2, -0.15) is 9.46 Å². The van der Waals surface area contributed by atoms with Gasteiger partial charge in [0.25, 0.3) is 5.91 Å². The number of methoxy groups -OCH3 is 2. The largest absolute Gasteiger partial charge is 0.497 e. The van der Waals surface area contributed by atoms with E-state index in [1.165, 1.54) is 6.33 Å². The fourth-order valence-corrected chi connectivity index (χ4v) is 7.23. The molecule has 1 fully saturated rings. The molecule has 0 bridgehead atoms. The van der Waals surface area contributed by atoms with Crippen LogP contribution in [0.1, 0.15) is 46.1 Å². The molecule has 4 aromatic carbocycles.